The van der Waals surface area contributed by atoms with E-state index in [4.69, 9.17) is 4.74 Å². The van der Waals surface area contributed by atoms with Crippen LogP contribution in [0, 0.1) is 5.82 Å². The Kier molecular flexibility index (Phi) is 4.86. The largest absolute Gasteiger partial charge is 0.444 e. The van der Waals surface area contributed by atoms with Crippen LogP contribution >= 0.6 is 0 Å². The second-order valence-corrected chi connectivity index (χ2v) is 6.64. The van der Waals surface area contributed by atoms with Crippen LogP contribution in [0.2, 0.25) is 0 Å². The Labute approximate surface area is 126 Å². The van der Waals surface area contributed by atoms with Gasteiger partial charge in [0.25, 0.3) is 0 Å². The summed E-state index contributed by atoms with van der Waals surface area (Å²) in [4.78, 5) is 14.0. The van der Waals surface area contributed by atoms with Crippen LogP contribution in [0.25, 0.3) is 0 Å². The van der Waals surface area contributed by atoms with Gasteiger partial charge in [0, 0.05) is 12.6 Å². The van der Waals surface area contributed by atoms with E-state index in [-0.39, 0.29) is 18.0 Å². The predicted octanol–water partition coefficient (Wildman–Crippen LogP) is 4.16. The molecule has 21 heavy (non-hydrogen) atoms. The molecule has 1 heterocycles. The van der Waals surface area contributed by atoms with Crippen molar-refractivity contribution in [3.63, 3.8) is 0 Å². The highest BCUT2D eigenvalue weighted by Crippen LogP contribution is 2.24. The number of halogens is 1. The Morgan fingerprint density at radius 1 is 1.43 bits per heavy atom. The summed E-state index contributed by atoms with van der Waals surface area (Å²) in [6.45, 7) is 6.39. The Morgan fingerprint density at radius 2 is 2.19 bits per heavy atom. The summed E-state index contributed by atoms with van der Waals surface area (Å²) in [5, 5.41) is 0. The number of likely N-dealkylation sites (tertiary alicyclic amines) is 1. The molecule has 1 aliphatic heterocycles. The number of rotatable bonds is 3. The van der Waals surface area contributed by atoms with E-state index >= 15 is 0 Å². The lowest BCUT2D eigenvalue weighted by molar-refractivity contribution is 0.0220. The molecule has 0 aromatic heterocycles. The molecule has 3 nitrogen and oxygen atoms in total. The van der Waals surface area contributed by atoms with Crippen molar-refractivity contribution in [2.75, 3.05) is 6.54 Å². The van der Waals surface area contributed by atoms with Crippen LogP contribution in [0.1, 0.15) is 45.6 Å². The van der Waals surface area contributed by atoms with Crippen molar-refractivity contribution in [3.05, 3.63) is 35.6 Å². The normalized spacial score (nSPS) is 18.9. The fraction of sp³-hybridized carbons (Fsp3) is 0.588. The van der Waals surface area contributed by atoms with Crippen molar-refractivity contribution >= 4 is 6.09 Å². The highest BCUT2D eigenvalue weighted by molar-refractivity contribution is 5.68. The second-order valence-electron chi connectivity index (χ2n) is 6.64. The molecule has 0 bridgehead atoms. The van der Waals surface area contributed by atoms with Crippen molar-refractivity contribution in [1.82, 2.24) is 4.90 Å². The summed E-state index contributed by atoms with van der Waals surface area (Å²) in [6.07, 6.45) is 3.40. The van der Waals surface area contributed by atoms with Crippen LogP contribution < -0.4 is 0 Å². The molecule has 2 rings (SSSR count). The standard InChI is InChI=1S/C17H24FNO2/c1-17(2,3)21-16(20)19-11-5-8-15(19)10-9-13-6-4-7-14(18)12-13/h4,6-7,12,15H,5,8-11H2,1-3H3. The topological polar surface area (TPSA) is 29.5 Å². The van der Waals surface area contributed by atoms with E-state index in [1.165, 1.54) is 6.07 Å². The number of benzene rings is 1. The summed E-state index contributed by atoms with van der Waals surface area (Å²) in [6, 6.07) is 6.86. The molecular formula is C17H24FNO2. The molecule has 116 valence electrons. The number of hydrogen-bond acceptors (Lipinski definition) is 2. The molecule has 1 aromatic rings. The lowest BCUT2D eigenvalue weighted by Gasteiger charge is -2.28. The average Bonchev–Trinajstić information content (AvgIpc) is 2.83. The fourth-order valence-electron chi connectivity index (χ4n) is 2.72. The zero-order valence-corrected chi connectivity index (χ0v) is 13.1. The number of hydrogen-bond donors (Lipinski definition) is 0. The van der Waals surface area contributed by atoms with Gasteiger partial charge in [-0.1, -0.05) is 12.1 Å². The van der Waals surface area contributed by atoms with E-state index in [0.717, 1.165) is 37.8 Å². The first-order chi connectivity index (χ1) is 9.85. The molecule has 0 N–H and O–H groups in total. The number of aryl methyl sites for hydroxylation is 1. The van der Waals surface area contributed by atoms with Gasteiger partial charge >= 0.3 is 6.09 Å². The van der Waals surface area contributed by atoms with Crippen LogP contribution in [0.3, 0.4) is 0 Å². The molecule has 1 unspecified atom stereocenters. The number of carbonyl (C=O) groups is 1. The number of ether oxygens (including phenoxy) is 1. The third kappa shape index (κ3) is 4.73. The van der Waals surface area contributed by atoms with Crippen LogP contribution in [0.15, 0.2) is 24.3 Å². The SMILES string of the molecule is CC(C)(C)OC(=O)N1CCCC1CCc1cccc(F)c1. The van der Waals surface area contributed by atoms with Crippen LogP contribution in [0.5, 0.6) is 0 Å². The van der Waals surface area contributed by atoms with Crippen LogP contribution in [-0.4, -0.2) is 29.2 Å². The maximum atomic E-state index is 13.2. The number of amides is 1. The van der Waals surface area contributed by atoms with E-state index in [1.807, 2.05) is 31.7 Å². The van der Waals surface area contributed by atoms with Gasteiger partial charge in [-0.3, -0.25) is 0 Å². The minimum Gasteiger partial charge on any atom is -0.444 e. The summed E-state index contributed by atoms with van der Waals surface area (Å²) >= 11 is 0. The zero-order valence-electron chi connectivity index (χ0n) is 13.1. The van der Waals surface area contributed by atoms with E-state index in [0.29, 0.717) is 0 Å². The van der Waals surface area contributed by atoms with Crippen molar-refractivity contribution in [1.29, 1.82) is 0 Å². The third-order valence-corrected chi connectivity index (χ3v) is 3.66. The lowest BCUT2D eigenvalue weighted by atomic mass is 10.0. The van der Waals surface area contributed by atoms with E-state index in [1.54, 1.807) is 12.1 Å². The van der Waals surface area contributed by atoms with Crippen molar-refractivity contribution in [3.8, 4) is 0 Å². The maximum absolute atomic E-state index is 13.2. The summed E-state index contributed by atoms with van der Waals surface area (Å²) < 4.78 is 18.6. The lowest BCUT2D eigenvalue weighted by Crippen LogP contribution is -2.40. The van der Waals surface area contributed by atoms with Gasteiger partial charge in [-0.05, 0) is 64.2 Å². The van der Waals surface area contributed by atoms with Gasteiger partial charge < -0.3 is 9.64 Å². The minimum atomic E-state index is -0.465. The molecule has 1 saturated heterocycles. The maximum Gasteiger partial charge on any atom is 0.410 e. The van der Waals surface area contributed by atoms with Gasteiger partial charge in [0.05, 0.1) is 0 Å². The average molecular weight is 293 g/mol. The molecule has 1 aliphatic rings. The minimum absolute atomic E-state index is 0.197. The van der Waals surface area contributed by atoms with Crippen LogP contribution in [-0.2, 0) is 11.2 Å². The van der Waals surface area contributed by atoms with Gasteiger partial charge in [-0.2, -0.15) is 0 Å². The van der Waals surface area contributed by atoms with Gasteiger partial charge in [0.1, 0.15) is 11.4 Å². The predicted molar refractivity (Wildman–Crippen MR) is 80.7 cm³/mol. The Bertz CT molecular complexity index is 496. The molecule has 1 fully saturated rings. The molecule has 1 amide bonds. The van der Waals surface area contributed by atoms with Gasteiger partial charge in [-0.15, -0.1) is 0 Å². The van der Waals surface area contributed by atoms with E-state index in [2.05, 4.69) is 0 Å². The van der Waals surface area contributed by atoms with Gasteiger partial charge in [0.2, 0.25) is 0 Å². The second kappa shape index (κ2) is 6.46. The molecule has 0 spiro atoms. The summed E-state index contributed by atoms with van der Waals surface area (Å²) in [5.41, 5.74) is 0.512. The molecule has 4 heteroatoms. The third-order valence-electron chi connectivity index (χ3n) is 3.66. The zero-order chi connectivity index (χ0) is 15.5. The molecule has 1 aromatic carbocycles. The van der Waals surface area contributed by atoms with Crippen LogP contribution in [0.4, 0.5) is 9.18 Å². The molecule has 0 aliphatic carbocycles. The van der Waals surface area contributed by atoms with Crippen molar-refractivity contribution < 1.29 is 13.9 Å². The Morgan fingerprint density at radius 3 is 2.86 bits per heavy atom. The summed E-state index contributed by atoms with van der Waals surface area (Å²) in [5.74, 6) is -0.206. The molecule has 0 radical (unpaired) electrons. The quantitative estimate of drug-likeness (QED) is 0.837. The van der Waals surface area contributed by atoms with Crippen molar-refractivity contribution in [2.45, 2.75) is 58.1 Å². The highest BCUT2D eigenvalue weighted by Gasteiger charge is 2.31. The Hall–Kier alpha value is -1.58. The first-order valence-corrected chi connectivity index (χ1v) is 7.59. The molecule has 1 atom stereocenters. The number of nitrogens with zero attached hydrogens (tertiary/aromatic N) is 1. The smallest absolute Gasteiger partial charge is 0.410 e. The highest BCUT2D eigenvalue weighted by atomic mass is 19.1. The monoisotopic (exact) mass is 293 g/mol. The van der Waals surface area contributed by atoms with E-state index in [9.17, 15) is 9.18 Å². The summed E-state index contributed by atoms with van der Waals surface area (Å²) in [7, 11) is 0. The number of carbonyl (C=O) groups excluding carboxylic acids is 1. The van der Waals surface area contributed by atoms with E-state index < -0.39 is 5.60 Å². The van der Waals surface area contributed by atoms with Gasteiger partial charge in [-0.25, -0.2) is 9.18 Å². The fourth-order valence-corrected chi connectivity index (χ4v) is 2.72. The molecular weight excluding hydrogens is 269 g/mol. The first kappa shape index (κ1) is 15.8. The Balaban J connectivity index is 1.91. The first-order valence-electron chi connectivity index (χ1n) is 7.59. The van der Waals surface area contributed by atoms with Gasteiger partial charge in [0.15, 0.2) is 0 Å². The van der Waals surface area contributed by atoms with Crippen molar-refractivity contribution in [2.24, 2.45) is 0 Å². The molecule has 0 saturated carbocycles.